The molecule has 0 aliphatic heterocycles. The minimum atomic E-state index is -0.628. The van der Waals surface area contributed by atoms with Crippen LogP contribution in [-0.2, 0) is 0 Å². The Kier molecular flexibility index (Phi) is 4.06. The number of furan rings is 1. The molecule has 0 aliphatic carbocycles. The third-order valence-electron chi connectivity index (χ3n) is 2.47. The molecule has 2 aromatic rings. The summed E-state index contributed by atoms with van der Waals surface area (Å²) < 4.78 is 4.86. The van der Waals surface area contributed by atoms with Gasteiger partial charge in [0.15, 0.2) is 5.76 Å². The highest BCUT2D eigenvalue weighted by molar-refractivity contribution is 5.93. The van der Waals surface area contributed by atoms with E-state index in [0.29, 0.717) is 0 Å². The zero-order valence-corrected chi connectivity index (χ0v) is 10.5. The molecule has 0 unspecified atom stereocenters. The third kappa shape index (κ3) is 3.30. The fourth-order valence-electron chi connectivity index (χ4n) is 1.50. The first-order chi connectivity index (χ1) is 10.1. The zero-order chi connectivity index (χ0) is 15.2. The van der Waals surface area contributed by atoms with Gasteiger partial charge < -0.3 is 4.42 Å². The fraction of sp³-hybridized carbons (Fsp3) is 0. The number of hydrogen-bond donors (Lipinski definition) is 1. The van der Waals surface area contributed by atoms with E-state index in [1.54, 1.807) is 6.07 Å². The molecule has 0 spiro atoms. The molecule has 104 valence electrons. The van der Waals surface area contributed by atoms with Gasteiger partial charge in [-0.15, -0.1) is 0 Å². The molecule has 0 saturated carbocycles. The normalized spacial score (nSPS) is 10.2. The molecular weight excluding hydrogens is 276 g/mol. The lowest BCUT2D eigenvalue weighted by molar-refractivity contribution is -0.385. The Morgan fingerprint density at radius 1 is 1.48 bits per heavy atom. The summed E-state index contributed by atoms with van der Waals surface area (Å²) in [7, 11) is 0. The number of nitrogens with zero attached hydrogens (tertiary/aromatic N) is 3. The van der Waals surface area contributed by atoms with Crippen LogP contribution in [0.1, 0.15) is 21.7 Å². The van der Waals surface area contributed by atoms with E-state index in [2.05, 4.69) is 10.5 Å². The highest BCUT2D eigenvalue weighted by Crippen LogP contribution is 2.18. The highest BCUT2D eigenvalue weighted by atomic mass is 16.6. The van der Waals surface area contributed by atoms with Crippen molar-refractivity contribution < 1.29 is 14.1 Å². The van der Waals surface area contributed by atoms with Crippen LogP contribution >= 0.6 is 0 Å². The molecule has 0 bridgehead atoms. The number of carbonyl (C=O) groups excluding carboxylic acids is 1. The number of hydrazone groups is 1. The summed E-state index contributed by atoms with van der Waals surface area (Å²) >= 11 is 0. The van der Waals surface area contributed by atoms with Gasteiger partial charge in [-0.2, -0.15) is 10.4 Å². The summed E-state index contributed by atoms with van der Waals surface area (Å²) in [5.74, 6) is -0.506. The Bertz CT molecular complexity index is 744. The molecule has 0 fully saturated rings. The molecular formula is C13H8N4O4. The smallest absolute Gasteiger partial charge is 0.307 e. The summed E-state index contributed by atoms with van der Waals surface area (Å²) in [4.78, 5) is 21.8. The van der Waals surface area contributed by atoms with Gasteiger partial charge in [0.05, 0.1) is 34.6 Å². The summed E-state index contributed by atoms with van der Waals surface area (Å²) in [6, 6.07) is 8.74. The Balaban J connectivity index is 2.16. The van der Waals surface area contributed by atoms with Crippen molar-refractivity contribution in [1.29, 1.82) is 5.26 Å². The average molecular weight is 284 g/mol. The number of nitriles is 1. The van der Waals surface area contributed by atoms with Crippen LogP contribution in [0.25, 0.3) is 0 Å². The van der Waals surface area contributed by atoms with Gasteiger partial charge in [-0.25, -0.2) is 5.43 Å². The van der Waals surface area contributed by atoms with Crippen LogP contribution < -0.4 is 5.43 Å². The Labute approximate surface area is 118 Å². The van der Waals surface area contributed by atoms with E-state index in [4.69, 9.17) is 9.68 Å². The number of nitrogens with one attached hydrogen (secondary N) is 1. The topological polar surface area (TPSA) is 122 Å². The van der Waals surface area contributed by atoms with E-state index in [1.165, 1.54) is 24.5 Å². The number of rotatable bonds is 4. The number of carbonyl (C=O) groups is 1. The molecule has 8 heteroatoms. The largest absolute Gasteiger partial charge is 0.459 e. The number of hydrogen-bond acceptors (Lipinski definition) is 6. The SMILES string of the molecule is N#Cc1ccc(/C=N/NC(=O)c2ccco2)c([N+](=O)[O-])c1. The molecule has 21 heavy (non-hydrogen) atoms. The molecule has 8 nitrogen and oxygen atoms in total. The summed E-state index contributed by atoms with van der Waals surface area (Å²) in [5, 5.41) is 23.2. The standard InChI is InChI=1S/C13H8N4O4/c14-7-9-3-4-10(11(6-9)17(19)20)8-15-16-13(18)12-2-1-5-21-12/h1-6,8H,(H,16,18)/b15-8+. The third-order valence-corrected chi connectivity index (χ3v) is 2.47. The first-order valence-corrected chi connectivity index (χ1v) is 5.67. The van der Waals surface area contributed by atoms with Crippen molar-refractivity contribution in [3.05, 3.63) is 63.6 Å². The van der Waals surface area contributed by atoms with Gasteiger partial charge in [0, 0.05) is 6.07 Å². The van der Waals surface area contributed by atoms with E-state index in [0.717, 1.165) is 12.3 Å². The minimum Gasteiger partial charge on any atom is -0.459 e. The fourth-order valence-corrected chi connectivity index (χ4v) is 1.50. The second-order valence-corrected chi connectivity index (χ2v) is 3.82. The molecule has 1 heterocycles. The molecule has 1 amide bonds. The molecule has 0 saturated heterocycles. The second-order valence-electron chi connectivity index (χ2n) is 3.82. The molecule has 1 aromatic heterocycles. The van der Waals surface area contributed by atoms with E-state index in [-0.39, 0.29) is 22.6 Å². The molecule has 0 radical (unpaired) electrons. The van der Waals surface area contributed by atoms with Crippen molar-refractivity contribution >= 4 is 17.8 Å². The lowest BCUT2D eigenvalue weighted by Crippen LogP contribution is -2.16. The molecule has 0 atom stereocenters. The van der Waals surface area contributed by atoms with E-state index in [9.17, 15) is 14.9 Å². The van der Waals surface area contributed by atoms with E-state index in [1.807, 2.05) is 6.07 Å². The van der Waals surface area contributed by atoms with Crippen LogP contribution in [-0.4, -0.2) is 17.0 Å². The van der Waals surface area contributed by atoms with Crippen molar-refractivity contribution in [3.8, 4) is 6.07 Å². The first kappa shape index (κ1) is 14.0. The number of benzene rings is 1. The monoisotopic (exact) mass is 284 g/mol. The predicted molar refractivity (Wildman–Crippen MR) is 71.6 cm³/mol. The van der Waals surface area contributed by atoms with Crippen molar-refractivity contribution in [2.75, 3.05) is 0 Å². The zero-order valence-electron chi connectivity index (χ0n) is 10.5. The second kappa shape index (κ2) is 6.12. The Morgan fingerprint density at radius 2 is 2.29 bits per heavy atom. The summed E-state index contributed by atoms with van der Waals surface area (Å²) in [6.45, 7) is 0. The Hall–Kier alpha value is -3.47. The van der Waals surface area contributed by atoms with Crippen molar-refractivity contribution in [2.24, 2.45) is 5.10 Å². The number of nitro groups is 1. The van der Waals surface area contributed by atoms with Gasteiger partial charge in [0.25, 0.3) is 5.69 Å². The quantitative estimate of drug-likeness (QED) is 0.521. The Morgan fingerprint density at radius 3 is 2.90 bits per heavy atom. The van der Waals surface area contributed by atoms with E-state index >= 15 is 0 Å². The van der Waals surface area contributed by atoms with Gasteiger partial charge in [-0.3, -0.25) is 14.9 Å². The average Bonchev–Trinajstić information content (AvgIpc) is 3.01. The van der Waals surface area contributed by atoms with Crippen LogP contribution in [0.4, 0.5) is 5.69 Å². The van der Waals surface area contributed by atoms with Crippen molar-refractivity contribution in [2.45, 2.75) is 0 Å². The summed E-state index contributed by atoms with van der Waals surface area (Å²) in [5.41, 5.74) is 2.24. The molecule has 0 aliphatic rings. The van der Waals surface area contributed by atoms with Gasteiger partial charge in [-0.1, -0.05) is 0 Å². The maximum atomic E-state index is 11.5. The molecule has 1 aromatic carbocycles. The first-order valence-electron chi connectivity index (χ1n) is 5.67. The van der Waals surface area contributed by atoms with Gasteiger partial charge in [-0.05, 0) is 24.3 Å². The van der Waals surface area contributed by atoms with Gasteiger partial charge in [0.2, 0.25) is 0 Å². The molecule has 2 rings (SSSR count). The number of amides is 1. The lowest BCUT2D eigenvalue weighted by Gasteiger charge is -1.98. The predicted octanol–water partition coefficient (Wildman–Crippen LogP) is 1.82. The maximum Gasteiger partial charge on any atom is 0.307 e. The van der Waals surface area contributed by atoms with Crippen molar-refractivity contribution in [3.63, 3.8) is 0 Å². The molecule has 1 N–H and O–H groups in total. The van der Waals surface area contributed by atoms with Crippen LogP contribution in [0.5, 0.6) is 0 Å². The van der Waals surface area contributed by atoms with E-state index < -0.39 is 10.8 Å². The van der Waals surface area contributed by atoms with Gasteiger partial charge in [0.1, 0.15) is 0 Å². The number of nitro benzene ring substituents is 1. The van der Waals surface area contributed by atoms with Crippen LogP contribution in [0.3, 0.4) is 0 Å². The van der Waals surface area contributed by atoms with Crippen LogP contribution in [0.2, 0.25) is 0 Å². The lowest BCUT2D eigenvalue weighted by atomic mass is 10.1. The van der Waals surface area contributed by atoms with Crippen molar-refractivity contribution in [1.82, 2.24) is 5.43 Å². The maximum absolute atomic E-state index is 11.5. The van der Waals surface area contributed by atoms with Crippen LogP contribution in [0, 0.1) is 21.4 Å². The van der Waals surface area contributed by atoms with Crippen LogP contribution in [0.15, 0.2) is 46.1 Å². The summed E-state index contributed by atoms with van der Waals surface area (Å²) in [6.07, 6.45) is 2.46. The minimum absolute atomic E-state index is 0.0708. The highest BCUT2D eigenvalue weighted by Gasteiger charge is 2.13. The van der Waals surface area contributed by atoms with Gasteiger partial charge >= 0.3 is 5.91 Å².